The van der Waals surface area contributed by atoms with Gasteiger partial charge in [-0.1, -0.05) is 26.5 Å². The zero-order chi connectivity index (χ0) is 31.4. The SMILES string of the molecule is C=Cc1c2[nH]c(c1C)/C=C1\NC(C3=C(C(=O)OC)C(=O)c4c3[nH]c(c4C)/C=c3\[nH]/c(c(C=O)c3CC)=C\2)[C@@H](CCCO)[C@@H]1C. The molecule has 44 heavy (non-hydrogen) atoms. The monoisotopic (exact) mass is 594 g/mol. The minimum Gasteiger partial charge on any atom is -0.465 e. The highest BCUT2D eigenvalue weighted by molar-refractivity contribution is 6.34. The first-order valence-electron chi connectivity index (χ1n) is 15.1. The number of hydrogen-bond donors (Lipinski definition) is 5. The summed E-state index contributed by atoms with van der Waals surface area (Å²) >= 11 is 0. The summed E-state index contributed by atoms with van der Waals surface area (Å²) in [5.41, 5.74) is 9.16. The molecule has 3 aromatic heterocycles. The van der Waals surface area contributed by atoms with Gasteiger partial charge < -0.3 is 30.1 Å². The average Bonchev–Trinajstić information content (AvgIpc) is 3.76. The largest absolute Gasteiger partial charge is 0.465 e. The summed E-state index contributed by atoms with van der Waals surface area (Å²) in [6, 6.07) is -0.383. The molecular formula is C35H38N4O5. The van der Waals surface area contributed by atoms with E-state index in [0.29, 0.717) is 52.6 Å². The van der Waals surface area contributed by atoms with E-state index in [1.54, 1.807) is 0 Å². The van der Waals surface area contributed by atoms with Gasteiger partial charge >= 0.3 is 5.97 Å². The third kappa shape index (κ3) is 4.29. The van der Waals surface area contributed by atoms with Crippen LogP contribution in [0.2, 0.25) is 0 Å². The van der Waals surface area contributed by atoms with Crippen LogP contribution in [0.3, 0.4) is 0 Å². The van der Waals surface area contributed by atoms with Crippen LogP contribution in [-0.2, 0) is 16.0 Å². The summed E-state index contributed by atoms with van der Waals surface area (Å²) in [4.78, 5) is 50.1. The fourth-order valence-electron chi connectivity index (χ4n) is 7.34. The molecule has 228 valence electrons. The smallest absolute Gasteiger partial charge is 0.342 e. The minimum absolute atomic E-state index is 0.0129. The van der Waals surface area contributed by atoms with Crippen molar-refractivity contribution in [3.05, 3.63) is 84.7 Å². The Morgan fingerprint density at radius 2 is 1.77 bits per heavy atom. The highest BCUT2D eigenvalue weighted by Crippen LogP contribution is 2.46. The second-order valence-electron chi connectivity index (χ2n) is 11.9. The first kappa shape index (κ1) is 29.4. The van der Waals surface area contributed by atoms with Crippen LogP contribution in [0.1, 0.15) is 92.4 Å². The fourth-order valence-corrected chi connectivity index (χ4v) is 7.34. The molecule has 9 nitrogen and oxygen atoms in total. The molecule has 1 saturated heterocycles. The number of ketones is 1. The summed E-state index contributed by atoms with van der Waals surface area (Å²) in [5.74, 6) is -1.03. The minimum atomic E-state index is -0.671. The lowest BCUT2D eigenvalue weighted by Gasteiger charge is -2.23. The topological polar surface area (TPSA) is 140 Å². The van der Waals surface area contributed by atoms with Gasteiger partial charge in [0.25, 0.3) is 0 Å². The summed E-state index contributed by atoms with van der Waals surface area (Å²) in [7, 11) is 1.29. The highest BCUT2D eigenvalue weighted by atomic mass is 16.5. The van der Waals surface area contributed by atoms with Gasteiger partial charge in [0.1, 0.15) is 5.57 Å². The number of carbonyl (C=O) groups is 3. The van der Waals surface area contributed by atoms with Gasteiger partial charge in [-0.15, -0.1) is 0 Å². The Bertz CT molecular complexity index is 1930. The van der Waals surface area contributed by atoms with Crippen molar-refractivity contribution in [2.24, 2.45) is 11.8 Å². The summed E-state index contributed by atoms with van der Waals surface area (Å²) in [5, 5.41) is 14.9. The summed E-state index contributed by atoms with van der Waals surface area (Å²) in [6.45, 7) is 12.1. The number of rotatable bonds is 7. The molecule has 3 aromatic rings. The number of hydrogen-bond acceptors (Lipinski definition) is 6. The van der Waals surface area contributed by atoms with Crippen molar-refractivity contribution in [2.75, 3.05) is 13.7 Å². The number of nitrogens with one attached hydrogen (secondary N) is 4. The molecule has 1 fully saturated rings. The van der Waals surface area contributed by atoms with E-state index in [1.807, 2.05) is 39.0 Å². The molecule has 0 radical (unpaired) electrons. The Morgan fingerprint density at radius 1 is 1.05 bits per heavy atom. The van der Waals surface area contributed by atoms with E-state index in [0.717, 1.165) is 51.1 Å². The van der Waals surface area contributed by atoms with Crippen LogP contribution in [-0.4, -0.2) is 57.9 Å². The third-order valence-electron chi connectivity index (χ3n) is 9.69. The molecule has 8 bridgehead atoms. The van der Waals surface area contributed by atoms with Gasteiger partial charge in [-0.3, -0.25) is 9.59 Å². The lowest BCUT2D eigenvalue weighted by molar-refractivity contribution is -0.135. The number of esters is 1. The first-order chi connectivity index (χ1) is 21.2. The number of ether oxygens (including phenoxy) is 1. The maximum Gasteiger partial charge on any atom is 0.342 e. The van der Waals surface area contributed by atoms with Gasteiger partial charge in [-0.25, -0.2) is 4.79 Å². The fraction of sp³-hybridized carbons (Fsp3) is 0.343. The molecule has 5 heterocycles. The first-order valence-corrected chi connectivity index (χ1v) is 15.1. The maximum atomic E-state index is 14.0. The van der Waals surface area contributed by atoms with Gasteiger partial charge in [0.05, 0.1) is 29.8 Å². The quantitative estimate of drug-likeness (QED) is 0.161. The second kappa shape index (κ2) is 11.1. The van der Waals surface area contributed by atoms with Gasteiger partial charge in [0.2, 0.25) is 5.78 Å². The number of Topliss-reactive ketones (excluding diaryl/α,β-unsaturated/α-hetero) is 1. The molecule has 1 aliphatic carbocycles. The van der Waals surface area contributed by atoms with Crippen LogP contribution in [0.5, 0.6) is 0 Å². The number of aliphatic hydroxyl groups excluding tert-OH is 1. The molecule has 3 atom stereocenters. The van der Waals surface area contributed by atoms with Crippen molar-refractivity contribution < 1.29 is 24.2 Å². The van der Waals surface area contributed by atoms with Gasteiger partial charge in [-0.2, -0.15) is 0 Å². The lowest BCUT2D eigenvalue weighted by atomic mass is 9.82. The second-order valence-corrected chi connectivity index (χ2v) is 11.9. The molecule has 3 aliphatic rings. The van der Waals surface area contributed by atoms with E-state index in [9.17, 15) is 19.5 Å². The number of aliphatic hydroxyl groups is 1. The van der Waals surface area contributed by atoms with Crippen LogP contribution in [0.25, 0.3) is 29.9 Å². The number of aldehydes is 1. The molecular weight excluding hydrogens is 556 g/mol. The molecule has 2 aliphatic heterocycles. The van der Waals surface area contributed by atoms with Crippen molar-refractivity contribution in [3.8, 4) is 0 Å². The third-order valence-corrected chi connectivity index (χ3v) is 9.69. The van der Waals surface area contributed by atoms with Crippen molar-refractivity contribution in [1.29, 1.82) is 0 Å². The van der Waals surface area contributed by atoms with Gasteiger partial charge in [0.15, 0.2) is 6.29 Å². The molecule has 0 saturated carbocycles. The molecule has 0 spiro atoms. The Kier molecular flexibility index (Phi) is 7.45. The Morgan fingerprint density at radius 3 is 2.43 bits per heavy atom. The van der Waals surface area contributed by atoms with Gasteiger partial charge in [0, 0.05) is 57.4 Å². The highest BCUT2D eigenvalue weighted by Gasteiger charge is 2.47. The lowest BCUT2D eigenvalue weighted by Crippen LogP contribution is -2.30. The Labute approximate surface area is 255 Å². The summed E-state index contributed by atoms with van der Waals surface area (Å²) in [6.07, 6.45) is 10.5. The average molecular weight is 595 g/mol. The molecule has 6 rings (SSSR count). The van der Waals surface area contributed by atoms with Crippen molar-refractivity contribution >= 4 is 47.9 Å². The van der Waals surface area contributed by atoms with Crippen molar-refractivity contribution in [1.82, 2.24) is 20.3 Å². The standard InChI is InChI=1S/C35H38N4O5/c1-7-19-16(3)23-12-24-17(4)21(10-9-11-40)32(38-24)30-31(35(43)44-6)34(42)29-18(5)25(39-33(29)30)13-27-20(8-2)22(15-41)28(37-27)14-26(19)36-23/h7,12-15,17,21,32,36-40H,1,8-11H2,2-6H3/b24-12-,27-13-,28-14-/t17-,21-,32?/m0/s1. The Hall–Kier alpha value is -4.63. The number of aromatic amines is 3. The van der Waals surface area contributed by atoms with Crippen LogP contribution < -0.4 is 16.0 Å². The molecule has 0 amide bonds. The number of aromatic nitrogens is 3. The number of H-pyrrole nitrogens is 3. The van der Waals surface area contributed by atoms with Gasteiger partial charge in [-0.05, 0) is 73.9 Å². The predicted octanol–water partition coefficient (Wildman–Crippen LogP) is 3.44. The van der Waals surface area contributed by atoms with E-state index >= 15 is 0 Å². The molecule has 5 N–H and O–H groups in total. The zero-order valence-electron chi connectivity index (χ0n) is 25.7. The van der Waals surface area contributed by atoms with E-state index < -0.39 is 5.97 Å². The van der Waals surface area contributed by atoms with Crippen LogP contribution in [0.4, 0.5) is 0 Å². The predicted molar refractivity (Wildman–Crippen MR) is 170 cm³/mol. The summed E-state index contributed by atoms with van der Waals surface area (Å²) < 4.78 is 5.14. The number of methoxy groups -OCH3 is 1. The number of fused-ring (bicyclic) bond motifs is 8. The van der Waals surface area contributed by atoms with E-state index in [-0.39, 0.29) is 35.8 Å². The normalized spacial score (nSPS) is 22.9. The van der Waals surface area contributed by atoms with Crippen molar-refractivity contribution in [3.63, 3.8) is 0 Å². The zero-order valence-corrected chi connectivity index (χ0v) is 25.7. The molecule has 0 aromatic carbocycles. The molecule has 9 heteroatoms. The molecule has 1 unspecified atom stereocenters. The maximum absolute atomic E-state index is 14.0. The van der Waals surface area contributed by atoms with E-state index in [1.165, 1.54) is 7.11 Å². The van der Waals surface area contributed by atoms with Crippen LogP contribution >= 0.6 is 0 Å². The number of carbonyl (C=O) groups excluding carboxylic acids is 3. The van der Waals surface area contributed by atoms with E-state index in [4.69, 9.17) is 4.74 Å². The van der Waals surface area contributed by atoms with Crippen LogP contribution in [0.15, 0.2) is 17.8 Å². The van der Waals surface area contributed by atoms with E-state index in [2.05, 4.69) is 39.8 Å². The Balaban J connectivity index is 1.73. The van der Waals surface area contributed by atoms with Crippen LogP contribution in [0, 0.1) is 25.7 Å². The number of allylic oxidation sites excluding steroid dienone is 1. The van der Waals surface area contributed by atoms with Crippen molar-refractivity contribution in [2.45, 2.75) is 53.0 Å².